The number of aliphatic carboxylic acids is 1. The van der Waals surface area contributed by atoms with Crippen molar-refractivity contribution in [3.8, 4) is 0 Å². The molecule has 1 unspecified atom stereocenters. The zero-order valence-electron chi connectivity index (χ0n) is 6.14. The Balaban J connectivity index is 4.51. The molecule has 0 spiro atoms. The van der Waals surface area contributed by atoms with Crippen LogP contribution in [0.15, 0.2) is 0 Å². The first-order valence-corrected chi connectivity index (χ1v) is 4.26. The molecule has 0 rings (SSSR count). The van der Waals surface area contributed by atoms with E-state index in [-0.39, 0.29) is 0 Å². The zero-order chi connectivity index (χ0) is 9.07. The Morgan fingerprint density at radius 1 is 1.55 bits per heavy atom. The van der Waals surface area contributed by atoms with Gasteiger partial charge in [0.2, 0.25) is 0 Å². The Bertz CT molecular complexity index is 185. The Morgan fingerprint density at radius 3 is 2.00 bits per heavy atom. The maximum absolute atomic E-state index is 11.1. The van der Waals surface area contributed by atoms with Crippen molar-refractivity contribution in [3.63, 3.8) is 0 Å². The summed E-state index contributed by atoms with van der Waals surface area (Å²) in [6, 6.07) is 0. The fraction of sp³-hybridized carbons (Fsp3) is 0.750. The lowest BCUT2D eigenvalue weighted by Gasteiger charge is -2.20. The van der Waals surface area contributed by atoms with Crippen LogP contribution < -0.4 is 10.8 Å². The third-order valence-corrected chi connectivity index (χ3v) is 3.00. The summed E-state index contributed by atoms with van der Waals surface area (Å²) >= 11 is 0. The molecule has 0 aromatic rings. The van der Waals surface area contributed by atoms with Gasteiger partial charge in [0.25, 0.3) is 0 Å². The van der Waals surface area contributed by atoms with Gasteiger partial charge >= 0.3 is 7.60 Å². The third kappa shape index (κ3) is 2.27. The van der Waals surface area contributed by atoms with Gasteiger partial charge in [0.1, 0.15) is 5.78 Å². The summed E-state index contributed by atoms with van der Waals surface area (Å²) in [4.78, 5) is 10.1. The smallest absolute Gasteiger partial charge is 0.352 e. The van der Waals surface area contributed by atoms with Crippen molar-refractivity contribution < 1.29 is 23.5 Å². The number of rotatable bonds is 4. The van der Waals surface area contributed by atoms with Gasteiger partial charge in [-0.25, -0.2) is 0 Å². The number of carbonyl (C=O) groups is 1. The van der Waals surface area contributed by atoms with Gasteiger partial charge in [0.05, 0.1) is 5.97 Å². The summed E-state index contributed by atoms with van der Waals surface area (Å²) in [5.74, 6) is -3.41. The fourth-order valence-electron chi connectivity index (χ4n) is 0.431. The van der Waals surface area contributed by atoms with Gasteiger partial charge in [-0.3, -0.25) is 4.57 Å². The van der Waals surface area contributed by atoms with E-state index in [9.17, 15) is 14.5 Å². The van der Waals surface area contributed by atoms with Crippen molar-refractivity contribution in [2.24, 2.45) is 5.73 Å². The lowest BCUT2D eigenvalue weighted by molar-refractivity contribution is -0.305. The molecule has 2 N–H and O–H groups in total. The van der Waals surface area contributed by atoms with Crippen LogP contribution in [0.5, 0.6) is 0 Å². The molecule has 0 radical (unpaired) electrons. The van der Waals surface area contributed by atoms with Gasteiger partial charge in [-0.2, -0.15) is 0 Å². The molecule has 7 heteroatoms. The van der Waals surface area contributed by atoms with Crippen LogP contribution in [0, 0.1) is 0 Å². The average Bonchev–Trinajstić information content (AvgIpc) is 2.01. The zero-order valence-corrected chi connectivity index (χ0v) is 7.04. The van der Waals surface area contributed by atoms with Gasteiger partial charge in [-0.05, 0) is 0 Å². The van der Waals surface area contributed by atoms with Gasteiger partial charge in [0, 0.05) is 14.2 Å². The molecule has 0 saturated carbocycles. The second-order valence-corrected chi connectivity index (χ2v) is 4.04. The summed E-state index contributed by atoms with van der Waals surface area (Å²) in [6.07, 6.45) is 0. The van der Waals surface area contributed by atoms with Crippen molar-refractivity contribution in [3.05, 3.63) is 0 Å². The van der Waals surface area contributed by atoms with Crippen molar-refractivity contribution in [2.45, 2.75) is 5.78 Å². The van der Waals surface area contributed by atoms with Crippen molar-refractivity contribution >= 4 is 13.6 Å². The molecule has 0 amide bonds. The number of nitrogens with two attached hydrogens (primary N) is 1. The van der Waals surface area contributed by atoms with E-state index in [1.165, 1.54) is 0 Å². The number of carbonyl (C=O) groups excluding carboxylic acids is 1. The second-order valence-electron chi connectivity index (χ2n) is 1.67. The van der Waals surface area contributed by atoms with E-state index in [0.717, 1.165) is 14.2 Å². The average molecular weight is 182 g/mol. The van der Waals surface area contributed by atoms with Crippen LogP contribution in [0.3, 0.4) is 0 Å². The molecule has 0 aliphatic heterocycles. The molecule has 0 aromatic heterocycles. The predicted octanol–water partition coefficient (Wildman–Crippen LogP) is -1.49. The fourth-order valence-corrected chi connectivity index (χ4v) is 1.29. The molecular formula is C4H9NO5P-. The number of carboxylic acids is 1. The van der Waals surface area contributed by atoms with E-state index in [4.69, 9.17) is 5.73 Å². The van der Waals surface area contributed by atoms with Gasteiger partial charge < -0.3 is 24.7 Å². The van der Waals surface area contributed by atoms with E-state index in [0.29, 0.717) is 0 Å². The summed E-state index contributed by atoms with van der Waals surface area (Å²) in [7, 11) is -1.62. The highest BCUT2D eigenvalue weighted by molar-refractivity contribution is 7.55. The highest BCUT2D eigenvalue weighted by atomic mass is 31.2. The van der Waals surface area contributed by atoms with Crippen molar-refractivity contribution in [1.82, 2.24) is 0 Å². The Hall–Kier alpha value is -0.420. The van der Waals surface area contributed by atoms with E-state index >= 15 is 0 Å². The van der Waals surface area contributed by atoms with Crippen molar-refractivity contribution in [2.75, 3.05) is 14.2 Å². The van der Waals surface area contributed by atoms with Crippen LogP contribution in [-0.4, -0.2) is 26.0 Å². The lowest BCUT2D eigenvalue weighted by Crippen LogP contribution is -2.42. The topological polar surface area (TPSA) is 102 Å². The van der Waals surface area contributed by atoms with E-state index < -0.39 is 19.3 Å². The first-order chi connectivity index (χ1) is 4.98. The molecule has 1 atom stereocenters. The van der Waals surface area contributed by atoms with Gasteiger partial charge in [-0.1, -0.05) is 0 Å². The first-order valence-electron chi connectivity index (χ1n) is 2.65. The minimum Gasteiger partial charge on any atom is -0.548 e. The minimum absolute atomic E-state index is 1.05. The summed E-state index contributed by atoms with van der Waals surface area (Å²) < 4.78 is 19.7. The molecule has 0 aliphatic carbocycles. The third-order valence-electron chi connectivity index (χ3n) is 1.09. The van der Waals surface area contributed by atoms with Crippen LogP contribution >= 0.6 is 7.60 Å². The number of carboxylic acid groups (broad SMARTS) is 1. The molecule has 0 aliphatic rings. The molecule has 0 saturated heterocycles. The second kappa shape index (κ2) is 3.82. The maximum atomic E-state index is 11.1. The Labute approximate surface area is 63.8 Å². The highest BCUT2D eigenvalue weighted by Gasteiger charge is 2.31. The molecule has 0 fully saturated rings. The number of hydrogen-bond acceptors (Lipinski definition) is 6. The normalized spacial score (nSPS) is 14.5. The predicted molar refractivity (Wildman–Crippen MR) is 34.6 cm³/mol. The quantitative estimate of drug-likeness (QED) is 0.531. The first kappa shape index (κ1) is 10.6. The summed E-state index contributed by atoms with van der Waals surface area (Å²) in [6.45, 7) is 0. The van der Waals surface area contributed by atoms with Crippen LogP contribution in [0.25, 0.3) is 0 Å². The van der Waals surface area contributed by atoms with E-state index in [2.05, 4.69) is 9.05 Å². The minimum atomic E-state index is -3.71. The molecule has 11 heavy (non-hydrogen) atoms. The summed E-state index contributed by atoms with van der Waals surface area (Å²) in [5, 5.41) is 10.1. The molecule has 0 bridgehead atoms. The molecule has 0 heterocycles. The molecule has 0 aromatic carbocycles. The van der Waals surface area contributed by atoms with E-state index in [1.54, 1.807) is 0 Å². The van der Waals surface area contributed by atoms with Crippen LogP contribution in [-0.2, 0) is 18.4 Å². The SMILES string of the molecule is COP(=O)(OC)C(N)C(=O)[O-]. The maximum Gasteiger partial charge on any atom is 0.352 e. The monoisotopic (exact) mass is 182 g/mol. The standard InChI is InChI=1S/C4H10NO5P/c1-9-11(8,10-2)3(5)4(6)7/h3H,5H2,1-2H3,(H,6,7)/p-1. The van der Waals surface area contributed by atoms with Gasteiger partial charge in [-0.15, -0.1) is 0 Å². The van der Waals surface area contributed by atoms with Gasteiger partial charge in [0.15, 0.2) is 0 Å². The van der Waals surface area contributed by atoms with Crippen LogP contribution in [0.1, 0.15) is 0 Å². The number of hydrogen-bond donors (Lipinski definition) is 1. The summed E-state index contributed by atoms with van der Waals surface area (Å²) in [5.41, 5.74) is 4.94. The largest absolute Gasteiger partial charge is 0.548 e. The lowest BCUT2D eigenvalue weighted by atomic mass is 10.7. The molecule has 66 valence electrons. The van der Waals surface area contributed by atoms with Crippen molar-refractivity contribution in [1.29, 1.82) is 0 Å². The highest BCUT2D eigenvalue weighted by Crippen LogP contribution is 2.48. The van der Waals surface area contributed by atoms with Crippen LogP contribution in [0.2, 0.25) is 0 Å². The van der Waals surface area contributed by atoms with Crippen LogP contribution in [0.4, 0.5) is 0 Å². The Kier molecular flexibility index (Phi) is 3.68. The van der Waals surface area contributed by atoms with E-state index in [1.807, 2.05) is 0 Å². The molecular weight excluding hydrogens is 173 g/mol. The Morgan fingerprint density at radius 2 is 1.91 bits per heavy atom. The molecule has 6 nitrogen and oxygen atoms in total.